The Hall–Kier alpha value is -0.430. The molecule has 0 radical (unpaired) electrons. The topological polar surface area (TPSA) is 41.1 Å². The number of halogens is 1. The molecule has 5 heteroatoms. The van der Waals surface area contributed by atoms with Crippen LogP contribution in [0.2, 0.25) is 0 Å². The van der Waals surface area contributed by atoms with Crippen LogP contribution in [0, 0.1) is 9.49 Å². The van der Waals surface area contributed by atoms with Crippen LogP contribution in [0.25, 0.3) is 0 Å². The Morgan fingerprint density at radius 1 is 1.14 bits per heavy atom. The first-order chi connectivity index (χ1) is 10.0. The van der Waals surface area contributed by atoms with Crippen LogP contribution in [0.1, 0.15) is 46.1 Å². The van der Waals surface area contributed by atoms with Crippen molar-refractivity contribution in [3.63, 3.8) is 0 Å². The zero-order valence-electron chi connectivity index (χ0n) is 14.0. The average molecular weight is 404 g/mol. The molecule has 1 N–H and O–H groups in total. The minimum atomic E-state index is 0.610. The van der Waals surface area contributed by atoms with E-state index in [4.69, 9.17) is 9.97 Å². The lowest BCUT2D eigenvalue weighted by atomic mass is 10.1. The van der Waals surface area contributed by atoms with Gasteiger partial charge in [0.15, 0.2) is 0 Å². The van der Waals surface area contributed by atoms with Crippen molar-refractivity contribution >= 4 is 28.4 Å². The van der Waals surface area contributed by atoms with Crippen molar-refractivity contribution in [2.45, 2.75) is 47.5 Å². The van der Waals surface area contributed by atoms with Crippen molar-refractivity contribution in [2.75, 3.05) is 31.5 Å². The van der Waals surface area contributed by atoms with E-state index in [9.17, 15) is 0 Å². The predicted molar refractivity (Wildman–Crippen MR) is 98.9 cm³/mol. The van der Waals surface area contributed by atoms with E-state index >= 15 is 0 Å². The lowest BCUT2D eigenvalue weighted by molar-refractivity contribution is 0.305. The van der Waals surface area contributed by atoms with Crippen LogP contribution in [0.4, 0.5) is 5.82 Å². The molecule has 0 atom stereocenters. The fraction of sp³-hybridized carbons (Fsp3) is 0.750. The van der Waals surface area contributed by atoms with E-state index in [2.05, 4.69) is 67.4 Å². The highest BCUT2D eigenvalue weighted by atomic mass is 127. The summed E-state index contributed by atoms with van der Waals surface area (Å²) in [4.78, 5) is 11.9. The first kappa shape index (κ1) is 18.6. The Labute approximate surface area is 143 Å². The summed E-state index contributed by atoms with van der Waals surface area (Å²) in [6.45, 7) is 15.1. The zero-order chi connectivity index (χ0) is 15.8. The minimum Gasteiger partial charge on any atom is -0.369 e. The number of nitrogens with one attached hydrogen (secondary N) is 1. The normalized spacial score (nSPS) is 11.4. The smallest absolute Gasteiger partial charge is 0.143 e. The highest BCUT2D eigenvalue weighted by Crippen LogP contribution is 2.22. The SMILES string of the molecule is CCNc1nc(CCN(CC)CC)nc(CC(C)C)c1I. The molecule has 0 aliphatic heterocycles. The molecule has 1 aromatic rings. The van der Waals surface area contributed by atoms with Gasteiger partial charge in [0.2, 0.25) is 0 Å². The third-order valence-corrected chi connectivity index (χ3v) is 4.59. The first-order valence-electron chi connectivity index (χ1n) is 8.03. The molecular formula is C16H29IN4. The molecule has 1 rings (SSSR count). The zero-order valence-corrected chi connectivity index (χ0v) is 16.2. The van der Waals surface area contributed by atoms with E-state index in [-0.39, 0.29) is 0 Å². The molecule has 4 nitrogen and oxygen atoms in total. The molecule has 0 saturated heterocycles. The molecule has 0 fully saturated rings. The van der Waals surface area contributed by atoms with Crippen molar-refractivity contribution in [1.82, 2.24) is 14.9 Å². The average Bonchev–Trinajstić information content (AvgIpc) is 2.44. The number of hydrogen-bond donors (Lipinski definition) is 1. The fourth-order valence-corrected chi connectivity index (χ4v) is 2.91. The third kappa shape index (κ3) is 6.06. The second kappa shape index (κ2) is 9.56. The highest BCUT2D eigenvalue weighted by Gasteiger charge is 2.13. The largest absolute Gasteiger partial charge is 0.369 e. The molecule has 1 aromatic heterocycles. The summed E-state index contributed by atoms with van der Waals surface area (Å²) >= 11 is 2.37. The van der Waals surface area contributed by atoms with Gasteiger partial charge >= 0.3 is 0 Å². The van der Waals surface area contributed by atoms with Gasteiger partial charge in [-0.15, -0.1) is 0 Å². The number of anilines is 1. The summed E-state index contributed by atoms with van der Waals surface area (Å²) < 4.78 is 1.18. The number of likely N-dealkylation sites (N-methyl/N-ethyl adjacent to an activating group) is 1. The van der Waals surface area contributed by atoms with E-state index in [1.54, 1.807) is 0 Å². The van der Waals surface area contributed by atoms with Gasteiger partial charge in [-0.3, -0.25) is 0 Å². The monoisotopic (exact) mass is 404 g/mol. The highest BCUT2D eigenvalue weighted by molar-refractivity contribution is 14.1. The molecule has 0 unspecified atom stereocenters. The Morgan fingerprint density at radius 3 is 2.33 bits per heavy atom. The van der Waals surface area contributed by atoms with Crippen LogP contribution in [-0.2, 0) is 12.8 Å². The van der Waals surface area contributed by atoms with Crippen molar-refractivity contribution in [3.8, 4) is 0 Å². The lowest BCUT2D eigenvalue weighted by Gasteiger charge is -2.18. The van der Waals surface area contributed by atoms with E-state index < -0.39 is 0 Å². The molecule has 0 amide bonds. The second-order valence-electron chi connectivity index (χ2n) is 5.65. The molecule has 0 aromatic carbocycles. The molecule has 21 heavy (non-hydrogen) atoms. The van der Waals surface area contributed by atoms with Gasteiger partial charge in [-0.05, 0) is 54.9 Å². The second-order valence-corrected chi connectivity index (χ2v) is 6.73. The molecule has 120 valence electrons. The van der Waals surface area contributed by atoms with Crippen molar-refractivity contribution < 1.29 is 0 Å². The molecule has 0 aliphatic carbocycles. The summed E-state index contributed by atoms with van der Waals surface area (Å²) in [6.07, 6.45) is 1.93. The van der Waals surface area contributed by atoms with Crippen LogP contribution in [-0.4, -0.2) is 41.0 Å². The van der Waals surface area contributed by atoms with Gasteiger partial charge in [0.25, 0.3) is 0 Å². The quantitative estimate of drug-likeness (QED) is 0.639. The van der Waals surface area contributed by atoms with E-state index in [0.717, 1.165) is 50.7 Å². The number of hydrogen-bond acceptors (Lipinski definition) is 4. The van der Waals surface area contributed by atoms with E-state index in [1.165, 1.54) is 9.26 Å². The van der Waals surface area contributed by atoms with Crippen molar-refractivity contribution in [2.24, 2.45) is 5.92 Å². The molecule has 0 aliphatic rings. The van der Waals surface area contributed by atoms with Crippen LogP contribution in [0.3, 0.4) is 0 Å². The first-order valence-corrected chi connectivity index (χ1v) is 9.11. The fourth-order valence-electron chi connectivity index (χ4n) is 2.26. The van der Waals surface area contributed by atoms with Gasteiger partial charge in [0.1, 0.15) is 11.6 Å². The minimum absolute atomic E-state index is 0.610. The standard InChI is InChI=1S/C16H29IN4/c1-6-18-16-15(17)13(11-12(4)5)19-14(20-16)9-10-21(7-2)8-3/h12H,6-11H2,1-5H3,(H,18,19,20). The molecule has 1 heterocycles. The van der Waals surface area contributed by atoms with Gasteiger partial charge in [0.05, 0.1) is 9.26 Å². The Bertz CT molecular complexity index is 431. The van der Waals surface area contributed by atoms with Gasteiger partial charge in [-0.1, -0.05) is 27.7 Å². The predicted octanol–water partition coefficient (Wildman–Crippen LogP) is 3.60. The summed E-state index contributed by atoms with van der Waals surface area (Å²) in [6, 6.07) is 0. The molecule has 0 saturated carbocycles. The van der Waals surface area contributed by atoms with Gasteiger partial charge in [-0.25, -0.2) is 9.97 Å². The summed E-state index contributed by atoms with van der Waals surface area (Å²) in [5, 5.41) is 3.37. The number of rotatable bonds is 9. The van der Waals surface area contributed by atoms with E-state index in [0.29, 0.717) is 5.92 Å². The van der Waals surface area contributed by atoms with Crippen molar-refractivity contribution in [3.05, 3.63) is 15.1 Å². The van der Waals surface area contributed by atoms with Gasteiger partial charge in [0, 0.05) is 19.5 Å². The lowest BCUT2D eigenvalue weighted by Crippen LogP contribution is -2.26. The summed E-state index contributed by atoms with van der Waals surface area (Å²) in [5.74, 6) is 2.57. The Kier molecular flexibility index (Phi) is 8.48. The summed E-state index contributed by atoms with van der Waals surface area (Å²) in [7, 11) is 0. The van der Waals surface area contributed by atoms with Crippen LogP contribution >= 0.6 is 22.6 Å². The maximum Gasteiger partial charge on any atom is 0.143 e. The van der Waals surface area contributed by atoms with Crippen LogP contribution in [0.15, 0.2) is 0 Å². The molecule has 0 spiro atoms. The number of nitrogens with zero attached hydrogens (tertiary/aromatic N) is 3. The van der Waals surface area contributed by atoms with Crippen LogP contribution < -0.4 is 5.32 Å². The maximum atomic E-state index is 4.81. The Balaban J connectivity index is 2.94. The molecule has 0 bridgehead atoms. The Morgan fingerprint density at radius 2 is 1.81 bits per heavy atom. The van der Waals surface area contributed by atoms with Crippen LogP contribution in [0.5, 0.6) is 0 Å². The molecular weight excluding hydrogens is 375 g/mol. The summed E-state index contributed by atoms with van der Waals surface area (Å²) in [5.41, 5.74) is 1.19. The van der Waals surface area contributed by atoms with E-state index in [1.807, 2.05) is 0 Å². The maximum absolute atomic E-state index is 4.81. The van der Waals surface area contributed by atoms with Gasteiger partial charge < -0.3 is 10.2 Å². The van der Waals surface area contributed by atoms with Crippen molar-refractivity contribution in [1.29, 1.82) is 0 Å². The van der Waals surface area contributed by atoms with Gasteiger partial charge in [-0.2, -0.15) is 0 Å². The third-order valence-electron chi connectivity index (χ3n) is 3.46. The number of aromatic nitrogens is 2.